The minimum Gasteiger partial charge on any atom is -0.399 e. The van der Waals surface area contributed by atoms with Gasteiger partial charge >= 0.3 is 0 Å². The van der Waals surface area contributed by atoms with Crippen molar-refractivity contribution in [1.82, 2.24) is 4.72 Å². The molecule has 0 heterocycles. The van der Waals surface area contributed by atoms with Gasteiger partial charge in [0.25, 0.3) is 0 Å². The van der Waals surface area contributed by atoms with Crippen molar-refractivity contribution in [2.24, 2.45) is 5.92 Å². The molecule has 0 spiro atoms. The fourth-order valence-corrected chi connectivity index (χ4v) is 3.22. The normalized spacial score (nSPS) is 13.8. The van der Waals surface area contributed by atoms with Gasteiger partial charge in [0.1, 0.15) is 0 Å². The maximum absolute atomic E-state index is 12.2. The quantitative estimate of drug-likeness (QED) is 0.694. The Balaban J connectivity index is 3.06. The highest BCUT2D eigenvalue weighted by Gasteiger charge is 2.23. The van der Waals surface area contributed by atoms with Crippen molar-refractivity contribution in [3.05, 3.63) is 23.8 Å². The highest BCUT2D eigenvalue weighted by molar-refractivity contribution is 7.89. The van der Waals surface area contributed by atoms with Gasteiger partial charge < -0.3 is 10.8 Å². The van der Waals surface area contributed by atoms with Crippen molar-refractivity contribution in [1.29, 1.82) is 0 Å². The summed E-state index contributed by atoms with van der Waals surface area (Å²) in [5.41, 5.74) is 6.70. The first kappa shape index (κ1) is 14.9. The number of hydrogen-bond acceptors (Lipinski definition) is 4. The minimum atomic E-state index is -3.63. The molecule has 0 saturated heterocycles. The van der Waals surface area contributed by atoms with Crippen LogP contribution in [0.15, 0.2) is 23.1 Å². The molecule has 5 nitrogen and oxygen atoms in total. The third kappa shape index (κ3) is 3.44. The molecule has 1 unspecified atom stereocenters. The van der Waals surface area contributed by atoms with Crippen LogP contribution < -0.4 is 10.5 Å². The van der Waals surface area contributed by atoms with Crippen molar-refractivity contribution in [2.75, 3.05) is 12.3 Å². The lowest BCUT2D eigenvalue weighted by atomic mass is 10.1. The summed E-state index contributed by atoms with van der Waals surface area (Å²) < 4.78 is 26.9. The zero-order chi connectivity index (χ0) is 13.9. The highest BCUT2D eigenvalue weighted by atomic mass is 32.2. The molecule has 6 heteroatoms. The van der Waals surface area contributed by atoms with E-state index in [0.717, 1.165) is 0 Å². The number of nitrogens with two attached hydrogens (primary N) is 1. The average molecular weight is 272 g/mol. The van der Waals surface area contributed by atoms with Crippen molar-refractivity contribution in [3.8, 4) is 0 Å². The molecule has 1 atom stereocenters. The van der Waals surface area contributed by atoms with Crippen LogP contribution in [0, 0.1) is 12.8 Å². The van der Waals surface area contributed by atoms with Gasteiger partial charge in [-0.3, -0.25) is 0 Å². The topological polar surface area (TPSA) is 92.4 Å². The van der Waals surface area contributed by atoms with Gasteiger partial charge in [0.05, 0.1) is 11.5 Å². The average Bonchev–Trinajstić information content (AvgIpc) is 2.24. The molecular formula is C12H20N2O3S. The molecule has 0 aliphatic carbocycles. The second kappa shape index (κ2) is 5.69. The second-order valence-corrected chi connectivity index (χ2v) is 6.36. The van der Waals surface area contributed by atoms with Gasteiger partial charge in [-0.2, -0.15) is 0 Å². The summed E-state index contributed by atoms with van der Waals surface area (Å²) in [6, 6.07) is 4.14. The summed E-state index contributed by atoms with van der Waals surface area (Å²) >= 11 is 0. The first-order valence-corrected chi connectivity index (χ1v) is 7.25. The third-order valence-corrected chi connectivity index (χ3v) is 4.45. The van der Waals surface area contributed by atoms with Gasteiger partial charge in [-0.15, -0.1) is 0 Å². The van der Waals surface area contributed by atoms with E-state index in [1.807, 2.05) is 13.8 Å². The van der Waals surface area contributed by atoms with E-state index in [4.69, 9.17) is 5.73 Å². The van der Waals surface area contributed by atoms with Crippen LogP contribution >= 0.6 is 0 Å². The number of nitrogen functional groups attached to an aromatic ring is 1. The van der Waals surface area contributed by atoms with Crippen LogP contribution in [-0.2, 0) is 10.0 Å². The number of aryl methyl sites for hydroxylation is 1. The van der Waals surface area contributed by atoms with Gasteiger partial charge in [0, 0.05) is 11.7 Å². The van der Waals surface area contributed by atoms with Crippen LogP contribution in [0.1, 0.15) is 19.4 Å². The lowest BCUT2D eigenvalue weighted by molar-refractivity contribution is 0.227. The van der Waals surface area contributed by atoms with E-state index in [-0.39, 0.29) is 17.4 Å². The van der Waals surface area contributed by atoms with Gasteiger partial charge in [0.15, 0.2) is 0 Å². The molecule has 0 aliphatic heterocycles. The maximum Gasteiger partial charge on any atom is 0.241 e. The van der Waals surface area contributed by atoms with Crippen molar-refractivity contribution in [3.63, 3.8) is 0 Å². The zero-order valence-corrected chi connectivity index (χ0v) is 11.7. The van der Waals surface area contributed by atoms with Crippen LogP contribution in [0.4, 0.5) is 5.69 Å². The van der Waals surface area contributed by atoms with Gasteiger partial charge in [0.2, 0.25) is 10.0 Å². The molecule has 1 aromatic carbocycles. The maximum atomic E-state index is 12.2. The molecular weight excluding hydrogens is 252 g/mol. The van der Waals surface area contributed by atoms with Crippen LogP contribution in [0.5, 0.6) is 0 Å². The number of rotatable bonds is 5. The lowest BCUT2D eigenvalue weighted by Gasteiger charge is -2.20. The van der Waals surface area contributed by atoms with E-state index in [1.165, 1.54) is 6.07 Å². The molecule has 0 aromatic heterocycles. The number of aliphatic hydroxyl groups excluding tert-OH is 1. The molecule has 4 N–H and O–H groups in total. The van der Waals surface area contributed by atoms with E-state index < -0.39 is 16.1 Å². The number of aliphatic hydroxyl groups is 1. The van der Waals surface area contributed by atoms with E-state index in [1.54, 1.807) is 19.1 Å². The summed E-state index contributed by atoms with van der Waals surface area (Å²) in [6.07, 6.45) is 0. The molecule has 0 aliphatic rings. The summed E-state index contributed by atoms with van der Waals surface area (Å²) in [5.74, 6) is 0.0128. The van der Waals surface area contributed by atoms with Gasteiger partial charge in [-0.05, 0) is 36.6 Å². The third-order valence-electron chi connectivity index (χ3n) is 2.80. The minimum absolute atomic E-state index is 0.0128. The predicted molar refractivity (Wildman–Crippen MR) is 71.6 cm³/mol. The Morgan fingerprint density at radius 3 is 2.44 bits per heavy atom. The number of nitrogens with one attached hydrogen (secondary N) is 1. The van der Waals surface area contributed by atoms with Crippen molar-refractivity contribution >= 4 is 15.7 Å². The smallest absolute Gasteiger partial charge is 0.241 e. The molecule has 0 fully saturated rings. The SMILES string of the molecule is Cc1cc(N)ccc1S(=O)(=O)NC(CO)C(C)C. The Labute approximate surface area is 108 Å². The van der Waals surface area contributed by atoms with E-state index in [0.29, 0.717) is 11.3 Å². The summed E-state index contributed by atoms with van der Waals surface area (Å²) in [7, 11) is -3.63. The Kier molecular flexibility index (Phi) is 4.72. The molecule has 18 heavy (non-hydrogen) atoms. The summed E-state index contributed by atoms with van der Waals surface area (Å²) in [5, 5.41) is 9.17. The fourth-order valence-electron chi connectivity index (χ4n) is 1.62. The lowest BCUT2D eigenvalue weighted by Crippen LogP contribution is -2.41. The van der Waals surface area contributed by atoms with E-state index in [9.17, 15) is 13.5 Å². The van der Waals surface area contributed by atoms with Crippen LogP contribution in [0.25, 0.3) is 0 Å². The molecule has 0 radical (unpaired) electrons. The Hall–Kier alpha value is -1.11. The Bertz CT molecular complexity index is 512. The number of sulfonamides is 1. The monoisotopic (exact) mass is 272 g/mol. The molecule has 0 saturated carbocycles. The first-order chi connectivity index (χ1) is 8.27. The number of benzene rings is 1. The largest absolute Gasteiger partial charge is 0.399 e. The molecule has 0 bridgehead atoms. The van der Waals surface area contributed by atoms with Crippen molar-refractivity contribution in [2.45, 2.75) is 31.7 Å². The van der Waals surface area contributed by atoms with E-state index in [2.05, 4.69) is 4.72 Å². The first-order valence-electron chi connectivity index (χ1n) is 5.77. The standard InChI is InChI=1S/C12H20N2O3S/c1-8(2)11(7-15)14-18(16,17)12-5-4-10(13)6-9(12)3/h4-6,8,11,14-15H,7,13H2,1-3H3. The summed E-state index contributed by atoms with van der Waals surface area (Å²) in [6.45, 7) is 5.15. The molecule has 1 aromatic rings. The van der Waals surface area contributed by atoms with Gasteiger partial charge in [-0.25, -0.2) is 13.1 Å². The Morgan fingerprint density at radius 1 is 1.39 bits per heavy atom. The summed E-state index contributed by atoms with van der Waals surface area (Å²) in [4.78, 5) is 0.191. The number of anilines is 1. The fraction of sp³-hybridized carbons (Fsp3) is 0.500. The number of hydrogen-bond donors (Lipinski definition) is 3. The highest BCUT2D eigenvalue weighted by Crippen LogP contribution is 2.18. The van der Waals surface area contributed by atoms with Crippen LogP contribution in [0.2, 0.25) is 0 Å². The zero-order valence-electron chi connectivity index (χ0n) is 10.8. The van der Waals surface area contributed by atoms with Crippen LogP contribution in [0.3, 0.4) is 0 Å². The van der Waals surface area contributed by atoms with Crippen LogP contribution in [-0.4, -0.2) is 26.2 Å². The van der Waals surface area contributed by atoms with Gasteiger partial charge in [-0.1, -0.05) is 13.8 Å². The molecule has 0 amide bonds. The van der Waals surface area contributed by atoms with E-state index >= 15 is 0 Å². The Morgan fingerprint density at radius 2 is 2.00 bits per heavy atom. The molecule has 102 valence electrons. The van der Waals surface area contributed by atoms with Crippen molar-refractivity contribution < 1.29 is 13.5 Å². The molecule has 1 rings (SSSR count). The predicted octanol–water partition coefficient (Wildman–Crippen LogP) is 0.872. The second-order valence-electron chi connectivity index (χ2n) is 4.68.